The topological polar surface area (TPSA) is 86.2 Å². The highest BCUT2D eigenvalue weighted by atomic mass is 32.2. The molecule has 0 aliphatic heterocycles. The second-order valence-electron chi connectivity index (χ2n) is 2.47. The largest absolute Gasteiger partial charge is 0.296 e. The van der Waals surface area contributed by atoms with Crippen LogP contribution in [0.25, 0.3) is 0 Å². The van der Waals surface area contributed by atoms with E-state index in [0.717, 1.165) is 18.3 Å². The molecule has 0 radical (unpaired) electrons. The molecule has 0 spiro atoms. The summed E-state index contributed by atoms with van der Waals surface area (Å²) in [5, 5.41) is 6.53. The van der Waals surface area contributed by atoms with Gasteiger partial charge in [-0.25, -0.2) is 14.8 Å². The van der Waals surface area contributed by atoms with Gasteiger partial charge in [0.25, 0.3) is 10.0 Å². The molecule has 0 saturated carbocycles. The molecule has 0 aliphatic carbocycles. The minimum absolute atomic E-state index is 0.332. The Morgan fingerprint density at radius 2 is 2.27 bits per heavy atom. The van der Waals surface area contributed by atoms with Gasteiger partial charge in [0.1, 0.15) is 12.2 Å². The zero-order valence-electron chi connectivity index (χ0n) is 7.81. The summed E-state index contributed by atoms with van der Waals surface area (Å²) >= 11 is 0. The molecule has 0 bridgehead atoms. The maximum absolute atomic E-state index is 12.5. The molecule has 0 unspecified atom stereocenters. The van der Waals surface area contributed by atoms with Gasteiger partial charge in [-0.05, 0) is 12.1 Å². The van der Waals surface area contributed by atoms with E-state index < -0.39 is 15.8 Å². The van der Waals surface area contributed by atoms with E-state index >= 15 is 0 Å². The fourth-order valence-corrected chi connectivity index (χ4v) is 1.88. The van der Waals surface area contributed by atoms with Gasteiger partial charge in [0.05, 0.1) is 6.20 Å². The molecule has 2 N–H and O–H groups in total. The first-order chi connectivity index (χ1) is 7.02. The van der Waals surface area contributed by atoms with E-state index in [1.54, 1.807) is 0 Å². The molecule has 0 saturated heterocycles. The first-order valence-corrected chi connectivity index (χ1v) is 5.30. The van der Waals surface area contributed by atoms with Gasteiger partial charge in [-0.3, -0.25) is 5.41 Å². The van der Waals surface area contributed by atoms with Gasteiger partial charge in [-0.2, -0.15) is 12.8 Å². The molecule has 0 atom stereocenters. The third-order valence-electron chi connectivity index (χ3n) is 1.56. The van der Waals surface area contributed by atoms with Crippen LogP contribution in [0.3, 0.4) is 0 Å². The summed E-state index contributed by atoms with van der Waals surface area (Å²) in [7, 11) is -2.58. The van der Waals surface area contributed by atoms with Crippen LogP contribution in [0.2, 0.25) is 0 Å². The van der Waals surface area contributed by atoms with Crippen LogP contribution in [0.15, 0.2) is 23.4 Å². The summed E-state index contributed by atoms with van der Waals surface area (Å²) in [6, 6.07) is 2.01. The maximum Gasteiger partial charge on any atom is 0.296 e. The number of nitrogens with zero attached hydrogens (tertiary/aromatic N) is 2. The van der Waals surface area contributed by atoms with Crippen LogP contribution in [0, 0.1) is 11.2 Å². The molecule has 6 nitrogen and oxygen atoms in total. The average molecular weight is 232 g/mol. The van der Waals surface area contributed by atoms with Crippen molar-refractivity contribution >= 4 is 16.4 Å². The highest BCUT2D eigenvalue weighted by Crippen LogP contribution is 2.09. The van der Waals surface area contributed by atoms with Crippen molar-refractivity contribution in [1.29, 1.82) is 5.41 Å². The maximum atomic E-state index is 12.5. The van der Waals surface area contributed by atoms with Crippen LogP contribution in [0.5, 0.6) is 0 Å². The lowest BCUT2D eigenvalue weighted by atomic mass is 10.5. The number of hydrazine groups is 1. The normalized spacial score (nSPS) is 11.1. The Hall–Kier alpha value is -1.54. The molecule has 1 heterocycles. The van der Waals surface area contributed by atoms with Crippen LogP contribution < -0.4 is 5.43 Å². The molecule has 0 aromatic carbocycles. The average Bonchev–Trinajstić information content (AvgIpc) is 2.19. The standard InChI is InChI=1S/C7H9FN4O2S/c1-10-12(5-9)15(13,14)7-3-2-6(8)4-11-7/h2-5,9-10H,1H3. The lowest BCUT2D eigenvalue weighted by molar-refractivity contribution is 0.471. The SMILES string of the molecule is CNN(C=N)S(=O)(=O)c1ccc(F)cn1. The first kappa shape index (κ1) is 11.5. The fourth-order valence-electron chi connectivity index (χ4n) is 0.870. The number of halogens is 1. The van der Waals surface area contributed by atoms with Gasteiger partial charge in [0, 0.05) is 7.05 Å². The van der Waals surface area contributed by atoms with Gasteiger partial charge in [0.2, 0.25) is 0 Å². The zero-order chi connectivity index (χ0) is 11.5. The van der Waals surface area contributed by atoms with E-state index in [9.17, 15) is 12.8 Å². The van der Waals surface area contributed by atoms with E-state index in [2.05, 4.69) is 10.4 Å². The lowest BCUT2D eigenvalue weighted by Crippen LogP contribution is -2.39. The van der Waals surface area contributed by atoms with Gasteiger partial charge >= 0.3 is 0 Å². The van der Waals surface area contributed by atoms with Gasteiger partial charge in [-0.15, -0.1) is 0 Å². The summed E-state index contributed by atoms with van der Waals surface area (Å²) in [6.07, 6.45) is 1.38. The van der Waals surface area contributed by atoms with Crippen molar-refractivity contribution in [1.82, 2.24) is 14.8 Å². The molecular formula is C7H9FN4O2S. The number of sulfonamides is 1. The van der Waals surface area contributed by atoms with Crippen molar-refractivity contribution in [3.05, 3.63) is 24.1 Å². The van der Waals surface area contributed by atoms with Gasteiger partial charge < -0.3 is 0 Å². The van der Waals surface area contributed by atoms with Crippen molar-refractivity contribution in [3.8, 4) is 0 Å². The van der Waals surface area contributed by atoms with Crippen molar-refractivity contribution in [2.45, 2.75) is 5.03 Å². The summed E-state index contributed by atoms with van der Waals surface area (Å²) in [5.74, 6) is -0.625. The van der Waals surface area contributed by atoms with Crippen LogP contribution in [-0.4, -0.2) is 31.2 Å². The number of rotatable bonds is 4. The molecular weight excluding hydrogens is 223 g/mol. The smallest absolute Gasteiger partial charge is 0.289 e. The molecule has 1 rings (SSSR count). The molecule has 8 heteroatoms. The summed E-state index contributed by atoms with van der Waals surface area (Å²) < 4.78 is 36.3. The number of nitrogens with one attached hydrogen (secondary N) is 2. The third kappa shape index (κ3) is 2.28. The summed E-state index contributed by atoms with van der Waals surface area (Å²) in [6.45, 7) is 0. The highest BCUT2D eigenvalue weighted by molar-refractivity contribution is 7.89. The molecule has 1 aromatic rings. The van der Waals surface area contributed by atoms with E-state index in [0.29, 0.717) is 10.8 Å². The second-order valence-corrected chi connectivity index (χ2v) is 4.23. The Morgan fingerprint density at radius 3 is 2.67 bits per heavy atom. The van der Waals surface area contributed by atoms with Crippen LogP contribution >= 0.6 is 0 Å². The number of pyridine rings is 1. The van der Waals surface area contributed by atoms with E-state index in [-0.39, 0.29) is 5.03 Å². The Labute approximate surface area is 86.3 Å². The summed E-state index contributed by atoms with van der Waals surface area (Å²) in [5.41, 5.74) is 2.27. The number of hydrogen-bond donors (Lipinski definition) is 2. The molecule has 1 aromatic heterocycles. The molecule has 0 amide bonds. The van der Waals surface area contributed by atoms with Crippen molar-refractivity contribution in [2.75, 3.05) is 7.05 Å². The fraction of sp³-hybridized carbons (Fsp3) is 0.143. The predicted molar refractivity (Wildman–Crippen MR) is 51.1 cm³/mol. The predicted octanol–water partition coefficient (Wildman–Crippen LogP) is -0.0471. The van der Waals surface area contributed by atoms with E-state index in [1.807, 2.05) is 0 Å². The quantitative estimate of drug-likeness (QED) is 0.433. The molecule has 0 fully saturated rings. The molecule has 15 heavy (non-hydrogen) atoms. The Balaban J connectivity index is 3.16. The minimum atomic E-state index is -3.92. The zero-order valence-corrected chi connectivity index (χ0v) is 8.62. The third-order valence-corrected chi connectivity index (χ3v) is 3.14. The highest BCUT2D eigenvalue weighted by Gasteiger charge is 2.22. The van der Waals surface area contributed by atoms with Gasteiger partial charge in [-0.1, -0.05) is 0 Å². The summed E-state index contributed by atoms with van der Waals surface area (Å²) in [4.78, 5) is 3.42. The molecule has 0 aliphatic rings. The van der Waals surface area contributed by atoms with E-state index in [4.69, 9.17) is 5.41 Å². The Morgan fingerprint density at radius 1 is 1.60 bits per heavy atom. The monoisotopic (exact) mass is 232 g/mol. The van der Waals surface area contributed by atoms with Crippen molar-refractivity contribution < 1.29 is 12.8 Å². The van der Waals surface area contributed by atoms with Gasteiger partial charge in [0.15, 0.2) is 5.03 Å². The lowest BCUT2D eigenvalue weighted by Gasteiger charge is -2.16. The first-order valence-electron chi connectivity index (χ1n) is 3.86. The van der Waals surface area contributed by atoms with Crippen molar-refractivity contribution in [3.63, 3.8) is 0 Å². The minimum Gasteiger partial charge on any atom is -0.289 e. The second kappa shape index (κ2) is 4.32. The molecule has 82 valence electrons. The van der Waals surface area contributed by atoms with Crippen LogP contribution in [0.1, 0.15) is 0 Å². The van der Waals surface area contributed by atoms with Crippen LogP contribution in [-0.2, 0) is 10.0 Å². The Bertz CT molecular complexity index is 445. The van der Waals surface area contributed by atoms with Crippen LogP contribution in [0.4, 0.5) is 4.39 Å². The number of aromatic nitrogens is 1. The number of hydrogen-bond acceptors (Lipinski definition) is 5. The van der Waals surface area contributed by atoms with E-state index in [1.165, 1.54) is 7.05 Å². The van der Waals surface area contributed by atoms with Crippen molar-refractivity contribution in [2.24, 2.45) is 0 Å². The Kier molecular flexibility index (Phi) is 3.32.